The Morgan fingerprint density at radius 2 is 1.90 bits per heavy atom. The van der Waals surface area contributed by atoms with E-state index in [-0.39, 0.29) is 0 Å². The molecular formula is C23H22N6O. The van der Waals surface area contributed by atoms with Gasteiger partial charge in [0, 0.05) is 34.6 Å². The van der Waals surface area contributed by atoms with Gasteiger partial charge in [0.25, 0.3) is 0 Å². The molecule has 0 radical (unpaired) electrons. The molecule has 0 unspecified atom stereocenters. The molecule has 0 spiro atoms. The zero-order valence-electron chi connectivity index (χ0n) is 16.9. The van der Waals surface area contributed by atoms with Crippen molar-refractivity contribution in [3.63, 3.8) is 0 Å². The molecule has 4 heterocycles. The van der Waals surface area contributed by atoms with Gasteiger partial charge in [-0.25, -0.2) is 0 Å². The van der Waals surface area contributed by atoms with Gasteiger partial charge in [0.1, 0.15) is 18.1 Å². The summed E-state index contributed by atoms with van der Waals surface area (Å²) in [6.45, 7) is 1.45. The number of hydrogen-bond acceptors (Lipinski definition) is 5. The Morgan fingerprint density at radius 1 is 1.00 bits per heavy atom. The molecule has 0 bridgehead atoms. The number of rotatable bonds is 6. The van der Waals surface area contributed by atoms with Crippen molar-refractivity contribution in [2.75, 3.05) is 27.2 Å². The average molecular weight is 398 g/mol. The maximum Gasteiger partial charge on any atom is 0.138 e. The first-order valence-corrected chi connectivity index (χ1v) is 9.82. The maximum atomic E-state index is 5.82. The molecule has 0 saturated carbocycles. The second-order valence-corrected chi connectivity index (χ2v) is 7.52. The van der Waals surface area contributed by atoms with Gasteiger partial charge in [-0.3, -0.25) is 15.1 Å². The summed E-state index contributed by atoms with van der Waals surface area (Å²) in [5, 5.41) is 9.77. The summed E-state index contributed by atoms with van der Waals surface area (Å²) < 4.78 is 5.82. The molecule has 2 N–H and O–H groups in total. The fraction of sp³-hybridized carbons (Fsp3) is 0.174. The molecule has 7 nitrogen and oxygen atoms in total. The van der Waals surface area contributed by atoms with E-state index in [1.807, 2.05) is 44.6 Å². The lowest BCUT2D eigenvalue weighted by molar-refractivity contribution is 0.261. The molecule has 5 aromatic rings. The number of aromatic nitrogens is 5. The molecular weight excluding hydrogens is 376 g/mol. The van der Waals surface area contributed by atoms with Crippen LogP contribution < -0.4 is 4.74 Å². The minimum Gasteiger partial charge on any atom is -0.491 e. The van der Waals surface area contributed by atoms with Crippen molar-refractivity contribution in [2.45, 2.75) is 0 Å². The Morgan fingerprint density at radius 3 is 2.77 bits per heavy atom. The lowest BCUT2D eigenvalue weighted by atomic mass is 10.1. The van der Waals surface area contributed by atoms with Gasteiger partial charge in [0.2, 0.25) is 0 Å². The van der Waals surface area contributed by atoms with Crippen LogP contribution >= 0.6 is 0 Å². The predicted octanol–water partition coefficient (Wildman–Crippen LogP) is 4.11. The SMILES string of the molecule is CN(C)CCOc1cncc(-c2cc3c(-c4cc5ccccc5[nH]4)n[nH]c3cn2)c1. The van der Waals surface area contributed by atoms with Gasteiger partial charge in [-0.1, -0.05) is 18.2 Å². The van der Waals surface area contributed by atoms with Crippen LogP contribution in [0.5, 0.6) is 5.75 Å². The van der Waals surface area contributed by atoms with Crippen LogP contribution in [0.25, 0.3) is 44.5 Å². The zero-order chi connectivity index (χ0) is 20.5. The monoisotopic (exact) mass is 398 g/mol. The van der Waals surface area contributed by atoms with E-state index in [2.05, 4.69) is 48.2 Å². The van der Waals surface area contributed by atoms with Gasteiger partial charge in [-0.05, 0) is 38.4 Å². The van der Waals surface area contributed by atoms with Gasteiger partial charge in [-0.2, -0.15) is 5.10 Å². The molecule has 0 aliphatic rings. The van der Waals surface area contributed by atoms with E-state index in [9.17, 15) is 0 Å². The summed E-state index contributed by atoms with van der Waals surface area (Å²) in [5.74, 6) is 0.735. The highest BCUT2D eigenvalue weighted by Crippen LogP contribution is 2.31. The summed E-state index contributed by atoms with van der Waals surface area (Å²) in [5.41, 5.74) is 5.55. The number of benzene rings is 1. The minimum absolute atomic E-state index is 0.608. The molecule has 0 aliphatic heterocycles. The number of fused-ring (bicyclic) bond motifs is 2. The highest BCUT2D eigenvalue weighted by atomic mass is 16.5. The third kappa shape index (κ3) is 3.51. The summed E-state index contributed by atoms with van der Waals surface area (Å²) in [6.07, 6.45) is 5.34. The lowest BCUT2D eigenvalue weighted by Gasteiger charge is -2.11. The van der Waals surface area contributed by atoms with E-state index in [4.69, 9.17) is 4.74 Å². The fourth-order valence-electron chi connectivity index (χ4n) is 3.46. The standard InChI is InChI=1S/C23H22N6O/c1-29(2)7-8-30-17-9-16(12-24-13-17)20-11-18-22(14-25-20)27-28-23(18)21-10-15-5-3-4-6-19(15)26-21/h3-6,9-14,26H,7-8H2,1-2H3,(H,27,28). The third-order valence-corrected chi connectivity index (χ3v) is 5.05. The number of H-pyrrole nitrogens is 2. The smallest absolute Gasteiger partial charge is 0.138 e. The molecule has 1 aromatic carbocycles. The summed E-state index contributed by atoms with van der Waals surface area (Å²) in [6, 6.07) is 14.3. The number of ether oxygens (including phenoxy) is 1. The summed E-state index contributed by atoms with van der Waals surface area (Å²) in [7, 11) is 4.04. The van der Waals surface area contributed by atoms with Crippen LogP contribution in [0.2, 0.25) is 0 Å². The molecule has 0 fully saturated rings. The predicted molar refractivity (Wildman–Crippen MR) is 118 cm³/mol. The van der Waals surface area contributed by atoms with Crippen LogP contribution in [0.4, 0.5) is 0 Å². The van der Waals surface area contributed by atoms with Crippen LogP contribution in [0.15, 0.2) is 61.1 Å². The van der Waals surface area contributed by atoms with Crippen LogP contribution in [0.3, 0.4) is 0 Å². The van der Waals surface area contributed by atoms with Gasteiger partial charge in [-0.15, -0.1) is 0 Å². The Balaban J connectivity index is 1.50. The van der Waals surface area contributed by atoms with E-state index in [0.29, 0.717) is 6.61 Å². The first kappa shape index (κ1) is 18.3. The number of hydrogen-bond donors (Lipinski definition) is 2. The van der Waals surface area contributed by atoms with Crippen LogP contribution in [0, 0.1) is 0 Å². The van der Waals surface area contributed by atoms with Crippen molar-refractivity contribution in [3.8, 4) is 28.4 Å². The van der Waals surface area contributed by atoms with Crippen molar-refractivity contribution < 1.29 is 4.74 Å². The summed E-state index contributed by atoms with van der Waals surface area (Å²) >= 11 is 0. The second kappa shape index (κ2) is 7.61. The quantitative estimate of drug-likeness (QED) is 0.450. The highest BCUT2D eigenvalue weighted by Gasteiger charge is 2.13. The van der Waals surface area contributed by atoms with Crippen LogP contribution in [0.1, 0.15) is 0 Å². The molecule has 0 amide bonds. The number of para-hydroxylation sites is 1. The normalized spacial score (nSPS) is 11.6. The van der Waals surface area contributed by atoms with Crippen LogP contribution in [-0.2, 0) is 0 Å². The minimum atomic E-state index is 0.608. The molecule has 150 valence electrons. The molecule has 7 heteroatoms. The highest BCUT2D eigenvalue weighted by molar-refractivity contribution is 5.96. The second-order valence-electron chi connectivity index (χ2n) is 7.52. The fourth-order valence-corrected chi connectivity index (χ4v) is 3.46. The van der Waals surface area contributed by atoms with Gasteiger partial charge < -0.3 is 14.6 Å². The number of pyridine rings is 2. The van der Waals surface area contributed by atoms with Crippen molar-refractivity contribution in [3.05, 3.63) is 61.1 Å². The van der Waals surface area contributed by atoms with E-state index in [1.54, 1.807) is 12.4 Å². The number of nitrogens with one attached hydrogen (secondary N) is 2. The Kier molecular flexibility index (Phi) is 4.65. The van der Waals surface area contributed by atoms with Crippen molar-refractivity contribution in [1.82, 2.24) is 30.0 Å². The molecule has 0 aliphatic carbocycles. The molecule has 5 rings (SSSR count). The van der Waals surface area contributed by atoms with E-state index >= 15 is 0 Å². The average Bonchev–Trinajstić information content (AvgIpc) is 3.37. The summed E-state index contributed by atoms with van der Waals surface area (Å²) in [4.78, 5) is 14.5. The van der Waals surface area contributed by atoms with Crippen molar-refractivity contribution >= 4 is 21.8 Å². The maximum absolute atomic E-state index is 5.82. The first-order valence-electron chi connectivity index (χ1n) is 9.82. The topological polar surface area (TPSA) is 82.7 Å². The van der Waals surface area contributed by atoms with Crippen LogP contribution in [-0.4, -0.2) is 57.3 Å². The Bertz CT molecular complexity index is 1290. The number of nitrogens with zero attached hydrogens (tertiary/aromatic N) is 4. The van der Waals surface area contributed by atoms with E-state index in [0.717, 1.165) is 56.7 Å². The lowest BCUT2D eigenvalue weighted by Crippen LogP contribution is -2.19. The number of aromatic amines is 2. The van der Waals surface area contributed by atoms with Crippen molar-refractivity contribution in [2.24, 2.45) is 0 Å². The third-order valence-electron chi connectivity index (χ3n) is 5.05. The van der Waals surface area contributed by atoms with Gasteiger partial charge in [0.15, 0.2) is 0 Å². The number of likely N-dealkylation sites (N-methyl/N-ethyl adjacent to an activating group) is 1. The van der Waals surface area contributed by atoms with Crippen molar-refractivity contribution in [1.29, 1.82) is 0 Å². The largest absolute Gasteiger partial charge is 0.491 e. The molecule has 0 saturated heterocycles. The molecule has 30 heavy (non-hydrogen) atoms. The Labute approximate surface area is 173 Å². The van der Waals surface area contributed by atoms with E-state index < -0.39 is 0 Å². The zero-order valence-corrected chi connectivity index (χ0v) is 16.9. The molecule has 4 aromatic heterocycles. The Hall–Kier alpha value is -3.71. The first-order chi connectivity index (χ1) is 14.7. The van der Waals surface area contributed by atoms with Gasteiger partial charge >= 0.3 is 0 Å². The molecule has 0 atom stereocenters. The van der Waals surface area contributed by atoms with E-state index in [1.165, 1.54) is 0 Å². The van der Waals surface area contributed by atoms with Gasteiger partial charge in [0.05, 0.1) is 29.3 Å².